The van der Waals surface area contributed by atoms with Crippen molar-refractivity contribution < 1.29 is 24.5 Å². The molecule has 0 saturated carbocycles. The smallest absolute Gasteiger partial charge is 0.189 e. The maximum atomic E-state index is 13.7. The molecule has 1 unspecified atom stereocenters. The van der Waals surface area contributed by atoms with Crippen molar-refractivity contribution >= 4 is 17.1 Å². The molecule has 0 saturated heterocycles. The lowest BCUT2D eigenvalue weighted by molar-refractivity contribution is -0.183. The fourth-order valence-electron chi connectivity index (χ4n) is 7.33. The van der Waals surface area contributed by atoms with Gasteiger partial charge in [-0.3, -0.25) is 9.59 Å². The van der Waals surface area contributed by atoms with Crippen LogP contribution in [0.5, 0.6) is 0 Å². The highest BCUT2D eigenvalue weighted by molar-refractivity contribution is 6.15. The highest BCUT2D eigenvalue weighted by Crippen LogP contribution is 2.60. The van der Waals surface area contributed by atoms with E-state index in [9.17, 15) is 19.8 Å². The molecule has 5 atom stereocenters. The Morgan fingerprint density at radius 3 is 2.21 bits per heavy atom. The second kappa shape index (κ2) is 6.26. The molecule has 5 nitrogen and oxygen atoms in total. The number of rotatable bonds is 1. The van der Waals surface area contributed by atoms with Crippen molar-refractivity contribution in [2.75, 3.05) is 0 Å². The van der Waals surface area contributed by atoms with Gasteiger partial charge in [0.05, 0.1) is 5.60 Å². The summed E-state index contributed by atoms with van der Waals surface area (Å²) in [5.41, 5.74) is 1.91. The number of fused-ring (bicyclic) bond motifs is 3. The van der Waals surface area contributed by atoms with Gasteiger partial charge >= 0.3 is 0 Å². The molecule has 5 aliphatic rings. The largest absolute Gasteiger partial charge is 0.385 e. The third-order valence-electron chi connectivity index (χ3n) is 8.86. The average Bonchev–Trinajstić information content (AvgIpc) is 3.33. The molecule has 1 aliphatic heterocycles. The monoisotopic (exact) mass is 460 g/mol. The number of carbonyl (C=O) groups excluding carboxylic acids is 2. The molecule has 2 N–H and O–H groups in total. The van der Waals surface area contributed by atoms with Gasteiger partial charge in [0.2, 0.25) is 0 Å². The van der Waals surface area contributed by atoms with Crippen LogP contribution < -0.4 is 0 Å². The summed E-state index contributed by atoms with van der Waals surface area (Å²) in [5.74, 6) is -0.575. The lowest BCUT2D eigenvalue weighted by Gasteiger charge is -2.40. The zero-order chi connectivity index (χ0) is 24.6. The van der Waals surface area contributed by atoms with Gasteiger partial charge in [0.25, 0.3) is 0 Å². The van der Waals surface area contributed by atoms with E-state index >= 15 is 0 Å². The number of ketones is 2. The van der Waals surface area contributed by atoms with Crippen LogP contribution in [0.2, 0.25) is 0 Å². The predicted molar refractivity (Wildman–Crippen MR) is 128 cm³/mol. The molecule has 34 heavy (non-hydrogen) atoms. The summed E-state index contributed by atoms with van der Waals surface area (Å²) >= 11 is 0. The summed E-state index contributed by atoms with van der Waals surface area (Å²) in [7, 11) is 0. The number of carbonyl (C=O) groups is 2. The Morgan fingerprint density at radius 2 is 1.53 bits per heavy atom. The highest BCUT2D eigenvalue weighted by atomic mass is 16.6. The molecular weight excluding hydrogens is 428 g/mol. The third-order valence-corrected chi connectivity index (χ3v) is 8.86. The minimum absolute atomic E-state index is 0.0474. The fourth-order valence-corrected chi connectivity index (χ4v) is 7.33. The van der Waals surface area contributed by atoms with Crippen LogP contribution in [0.4, 0.5) is 0 Å². The van der Waals surface area contributed by atoms with Gasteiger partial charge in [-0.2, -0.15) is 0 Å². The Kier molecular flexibility index (Phi) is 4.07. The van der Waals surface area contributed by atoms with E-state index in [1.54, 1.807) is 19.1 Å². The van der Waals surface area contributed by atoms with Crippen molar-refractivity contribution in [1.29, 1.82) is 0 Å². The Morgan fingerprint density at radius 1 is 0.912 bits per heavy atom. The molecule has 0 bridgehead atoms. The van der Waals surface area contributed by atoms with Crippen molar-refractivity contribution in [1.82, 2.24) is 0 Å². The summed E-state index contributed by atoms with van der Waals surface area (Å²) in [6.07, 6.45) is 5.82. The van der Waals surface area contributed by atoms with Crippen LogP contribution in [0.25, 0.3) is 5.57 Å². The zero-order valence-corrected chi connectivity index (χ0v) is 20.7. The minimum atomic E-state index is -1.28. The molecule has 1 aromatic carbocycles. The van der Waals surface area contributed by atoms with Crippen LogP contribution in [0.1, 0.15) is 87.7 Å². The van der Waals surface area contributed by atoms with E-state index in [2.05, 4.69) is 27.7 Å². The molecule has 0 fully saturated rings. The molecule has 178 valence electrons. The molecule has 0 aromatic heterocycles. The summed E-state index contributed by atoms with van der Waals surface area (Å²) in [6, 6.07) is 3.60. The van der Waals surface area contributed by atoms with Gasteiger partial charge in [-0.05, 0) is 66.9 Å². The lowest BCUT2D eigenvalue weighted by atomic mass is 9.66. The number of aliphatic hydroxyl groups excluding tert-OH is 1. The molecule has 4 aliphatic carbocycles. The fraction of sp³-hybridized carbons (Fsp3) is 0.517. The standard InChI is InChI=1S/C29H32O5/c1-26(2)10-17-20(12-26)28(5,33)19(9-22(17)30)14-7-15-23-16(8-14)25(32)34-29(23,6)21-13-27(3,4)11-18(21)24(15)31/h7-11,20-21,25,32-33H,12-13H2,1-6H3/t20-,21-,25?,28-,29+/m0/s1. The first-order chi connectivity index (χ1) is 15.6. The third kappa shape index (κ3) is 2.72. The van der Waals surface area contributed by atoms with E-state index in [-0.39, 0.29) is 34.2 Å². The van der Waals surface area contributed by atoms with Crippen LogP contribution in [0.3, 0.4) is 0 Å². The van der Waals surface area contributed by atoms with E-state index in [1.807, 2.05) is 19.1 Å². The number of allylic oxidation sites excluding steroid dienone is 3. The van der Waals surface area contributed by atoms with Gasteiger partial charge in [0, 0.05) is 39.7 Å². The number of benzene rings is 1. The van der Waals surface area contributed by atoms with Crippen LogP contribution >= 0.6 is 0 Å². The molecule has 6 rings (SSSR count). The maximum Gasteiger partial charge on any atom is 0.189 e. The molecule has 0 amide bonds. The van der Waals surface area contributed by atoms with Crippen LogP contribution in [-0.4, -0.2) is 27.4 Å². The van der Waals surface area contributed by atoms with Crippen LogP contribution in [-0.2, 0) is 15.1 Å². The molecule has 0 radical (unpaired) electrons. The maximum absolute atomic E-state index is 13.7. The molecule has 5 heteroatoms. The average molecular weight is 461 g/mol. The van der Waals surface area contributed by atoms with Crippen molar-refractivity contribution in [2.24, 2.45) is 22.7 Å². The van der Waals surface area contributed by atoms with Gasteiger partial charge in [0.15, 0.2) is 17.9 Å². The molecule has 1 aromatic rings. The predicted octanol–water partition coefficient (Wildman–Crippen LogP) is 4.78. The first kappa shape index (κ1) is 22.1. The van der Waals surface area contributed by atoms with Crippen molar-refractivity contribution in [2.45, 2.75) is 71.9 Å². The summed E-state index contributed by atoms with van der Waals surface area (Å²) in [4.78, 5) is 26.8. The van der Waals surface area contributed by atoms with Gasteiger partial charge in [-0.1, -0.05) is 39.8 Å². The van der Waals surface area contributed by atoms with E-state index in [1.165, 1.54) is 6.08 Å². The Labute approximate surface area is 200 Å². The first-order valence-corrected chi connectivity index (χ1v) is 12.2. The molecule has 1 heterocycles. The number of hydrogen-bond donors (Lipinski definition) is 2. The Bertz CT molecular complexity index is 1290. The highest BCUT2D eigenvalue weighted by Gasteiger charge is 2.58. The van der Waals surface area contributed by atoms with Crippen molar-refractivity contribution in [3.63, 3.8) is 0 Å². The Balaban J connectivity index is 1.54. The van der Waals surface area contributed by atoms with Crippen LogP contribution in [0, 0.1) is 22.7 Å². The van der Waals surface area contributed by atoms with Gasteiger partial charge in [-0.25, -0.2) is 0 Å². The van der Waals surface area contributed by atoms with E-state index in [0.717, 1.165) is 17.6 Å². The summed E-state index contributed by atoms with van der Waals surface area (Å²) in [5, 5.41) is 22.7. The second-order valence-electron chi connectivity index (χ2n) is 12.7. The summed E-state index contributed by atoms with van der Waals surface area (Å²) in [6.45, 7) is 12.1. The van der Waals surface area contributed by atoms with Gasteiger partial charge in [-0.15, -0.1) is 0 Å². The zero-order valence-electron chi connectivity index (χ0n) is 20.7. The SMILES string of the molecule is CC1(C)C=C2C(=O)C=C(c3cc4c5c(c3)C(O)O[C@]5(C)[C@H]3CC(C)(C)C=C3C4=O)[C@](C)(O)[C@H]2C1. The Hall–Kier alpha value is -2.34. The number of aliphatic hydroxyl groups is 2. The number of ether oxygens (including phenoxy) is 1. The first-order valence-electron chi connectivity index (χ1n) is 12.2. The summed E-state index contributed by atoms with van der Waals surface area (Å²) < 4.78 is 6.17. The van der Waals surface area contributed by atoms with Gasteiger partial charge in [0.1, 0.15) is 5.60 Å². The van der Waals surface area contributed by atoms with Crippen LogP contribution in [0.15, 0.2) is 41.5 Å². The second-order valence-corrected chi connectivity index (χ2v) is 12.7. The van der Waals surface area contributed by atoms with E-state index in [4.69, 9.17) is 4.74 Å². The normalized spacial score (nSPS) is 38.7. The minimum Gasteiger partial charge on any atom is -0.385 e. The number of Topliss-reactive ketones (excluding diaryl/α,β-unsaturated/α-hetero) is 1. The number of hydrogen-bond acceptors (Lipinski definition) is 5. The van der Waals surface area contributed by atoms with Crippen molar-refractivity contribution in [3.05, 3.63) is 63.8 Å². The topological polar surface area (TPSA) is 83.8 Å². The van der Waals surface area contributed by atoms with E-state index in [0.29, 0.717) is 34.3 Å². The van der Waals surface area contributed by atoms with E-state index < -0.39 is 17.5 Å². The van der Waals surface area contributed by atoms with Gasteiger partial charge < -0.3 is 14.9 Å². The lowest BCUT2D eigenvalue weighted by Crippen LogP contribution is -2.42. The molecular formula is C29H32O5. The molecule has 0 spiro atoms. The quantitative estimate of drug-likeness (QED) is 0.630. The van der Waals surface area contributed by atoms with Crippen molar-refractivity contribution in [3.8, 4) is 0 Å².